The van der Waals surface area contributed by atoms with Crippen LogP contribution in [0.1, 0.15) is 13.3 Å². The molecule has 1 rings (SSSR count). The second-order valence-electron chi connectivity index (χ2n) is 3.57. The maximum absolute atomic E-state index is 5.81. The molecule has 0 fully saturated rings. The summed E-state index contributed by atoms with van der Waals surface area (Å²) in [5.41, 5.74) is 8.66. The van der Waals surface area contributed by atoms with Gasteiger partial charge in [0.15, 0.2) is 0 Å². The fourth-order valence-corrected chi connectivity index (χ4v) is 1.41. The summed E-state index contributed by atoms with van der Waals surface area (Å²) in [6.07, 6.45) is 11.3. The van der Waals surface area contributed by atoms with Crippen LogP contribution < -0.4 is 5.73 Å². The Morgan fingerprint density at radius 3 is 2.87 bits per heavy atom. The third-order valence-electron chi connectivity index (χ3n) is 2.33. The molecule has 0 aromatic heterocycles. The second-order valence-corrected chi connectivity index (χ2v) is 3.57. The summed E-state index contributed by atoms with van der Waals surface area (Å²) in [4.78, 5) is 4.26. The molecule has 0 aromatic rings. The lowest BCUT2D eigenvalue weighted by atomic mass is 9.98. The van der Waals surface area contributed by atoms with Gasteiger partial charge in [-0.1, -0.05) is 37.0 Å². The molecular formula is C13H18N2. The molecule has 2 heteroatoms. The lowest BCUT2D eigenvalue weighted by Crippen LogP contribution is -2.23. The van der Waals surface area contributed by atoms with Crippen LogP contribution in [0.4, 0.5) is 0 Å². The van der Waals surface area contributed by atoms with Crippen molar-refractivity contribution in [2.45, 2.75) is 19.4 Å². The molecule has 80 valence electrons. The second kappa shape index (κ2) is 5.47. The maximum Gasteiger partial charge on any atom is 0.0684 e. The Kier molecular flexibility index (Phi) is 4.25. The number of aliphatic imine (C=N–C) groups is 1. The van der Waals surface area contributed by atoms with Gasteiger partial charge in [-0.15, -0.1) is 0 Å². The average molecular weight is 202 g/mol. The Labute approximate surface area is 91.6 Å². The van der Waals surface area contributed by atoms with Gasteiger partial charge in [0.2, 0.25) is 0 Å². The summed E-state index contributed by atoms with van der Waals surface area (Å²) in [5.74, 6) is 0. The van der Waals surface area contributed by atoms with Crippen molar-refractivity contribution in [3.63, 3.8) is 0 Å². The zero-order chi connectivity index (χ0) is 11.3. The summed E-state index contributed by atoms with van der Waals surface area (Å²) in [6, 6.07) is -0.0646. The van der Waals surface area contributed by atoms with Crippen LogP contribution in [-0.4, -0.2) is 18.8 Å². The largest absolute Gasteiger partial charge is 0.324 e. The zero-order valence-electron chi connectivity index (χ0n) is 9.40. The Morgan fingerprint density at radius 2 is 2.27 bits per heavy atom. The van der Waals surface area contributed by atoms with Crippen molar-refractivity contribution in [2.24, 2.45) is 10.7 Å². The van der Waals surface area contributed by atoms with Gasteiger partial charge in [-0.2, -0.15) is 0 Å². The standard InChI is InChI=1S/C13H18N2/c1-10(11(2)14)13(15-3)12-8-6-4-5-7-9-12/h4,6-9,11H,1,5,14H2,2-3H3/b15-13+. The minimum atomic E-state index is -0.0646. The molecule has 1 aliphatic rings. The highest BCUT2D eigenvalue weighted by atomic mass is 14.7. The number of hydrogen-bond acceptors (Lipinski definition) is 2. The number of hydrogen-bond donors (Lipinski definition) is 1. The van der Waals surface area contributed by atoms with Gasteiger partial charge in [-0.25, -0.2) is 0 Å². The van der Waals surface area contributed by atoms with E-state index >= 15 is 0 Å². The van der Waals surface area contributed by atoms with Gasteiger partial charge in [0.05, 0.1) is 5.71 Å². The van der Waals surface area contributed by atoms with Crippen molar-refractivity contribution in [3.8, 4) is 0 Å². The van der Waals surface area contributed by atoms with E-state index in [-0.39, 0.29) is 6.04 Å². The molecule has 0 bridgehead atoms. The van der Waals surface area contributed by atoms with Crippen LogP contribution >= 0.6 is 0 Å². The monoisotopic (exact) mass is 202 g/mol. The van der Waals surface area contributed by atoms with Crippen LogP contribution in [0.25, 0.3) is 0 Å². The summed E-state index contributed by atoms with van der Waals surface area (Å²) >= 11 is 0. The van der Waals surface area contributed by atoms with E-state index in [0.29, 0.717) is 0 Å². The van der Waals surface area contributed by atoms with E-state index in [1.165, 1.54) is 0 Å². The van der Waals surface area contributed by atoms with Gasteiger partial charge in [0.1, 0.15) is 0 Å². The Hall–Kier alpha value is -1.41. The smallest absolute Gasteiger partial charge is 0.0684 e. The molecule has 0 saturated heterocycles. The van der Waals surface area contributed by atoms with E-state index in [1.807, 2.05) is 19.1 Å². The van der Waals surface area contributed by atoms with Crippen molar-refractivity contribution in [1.82, 2.24) is 0 Å². The Balaban J connectivity index is 2.98. The molecule has 2 nitrogen and oxygen atoms in total. The fourth-order valence-electron chi connectivity index (χ4n) is 1.41. The molecule has 1 unspecified atom stereocenters. The van der Waals surface area contributed by atoms with Gasteiger partial charge in [0.25, 0.3) is 0 Å². The summed E-state index contributed by atoms with van der Waals surface area (Å²) in [7, 11) is 1.77. The Bertz CT molecular complexity index is 355. The molecule has 1 atom stereocenters. The van der Waals surface area contributed by atoms with Crippen molar-refractivity contribution in [1.29, 1.82) is 0 Å². The topological polar surface area (TPSA) is 38.4 Å². The third-order valence-corrected chi connectivity index (χ3v) is 2.33. The quantitative estimate of drug-likeness (QED) is 0.701. The van der Waals surface area contributed by atoms with Gasteiger partial charge in [0, 0.05) is 13.1 Å². The van der Waals surface area contributed by atoms with Crippen LogP contribution in [-0.2, 0) is 0 Å². The SMILES string of the molecule is C=C(/C(=N\C)C1=CC=CCC=C1)C(C)N. The molecule has 1 aliphatic carbocycles. The third kappa shape index (κ3) is 3.03. The van der Waals surface area contributed by atoms with Crippen LogP contribution in [0, 0.1) is 0 Å². The molecule has 0 saturated carbocycles. The Morgan fingerprint density at radius 1 is 1.53 bits per heavy atom. The van der Waals surface area contributed by atoms with E-state index < -0.39 is 0 Å². The molecule has 0 aliphatic heterocycles. The fraction of sp³-hybridized carbons (Fsp3) is 0.308. The van der Waals surface area contributed by atoms with Gasteiger partial charge < -0.3 is 5.73 Å². The van der Waals surface area contributed by atoms with Crippen LogP contribution in [0.5, 0.6) is 0 Å². The highest BCUT2D eigenvalue weighted by Crippen LogP contribution is 2.13. The van der Waals surface area contributed by atoms with Crippen molar-refractivity contribution >= 4 is 5.71 Å². The highest BCUT2D eigenvalue weighted by molar-refractivity contribution is 6.14. The van der Waals surface area contributed by atoms with Crippen molar-refractivity contribution in [2.75, 3.05) is 7.05 Å². The van der Waals surface area contributed by atoms with E-state index in [2.05, 4.69) is 29.8 Å². The minimum absolute atomic E-state index is 0.0646. The first-order valence-corrected chi connectivity index (χ1v) is 5.12. The molecule has 2 N–H and O–H groups in total. The van der Waals surface area contributed by atoms with Gasteiger partial charge in [-0.3, -0.25) is 4.99 Å². The van der Waals surface area contributed by atoms with E-state index in [1.54, 1.807) is 7.05 Å². The van der Waals surface area contributed by atoms with Crippen LogP contribution in [0.15, 0.2) is 53.1 Å². The molecule has 0 amide bonds. The predicted octanol–water partition coefficient (Wildman–Crippen LogP) is 2.40. The summed E-state index contributed by atoms with van der Waals surface area (Å²) in [5, 5.41) is 0. The van der Waals surface area contributed by atoms with Crippen LogP contribution in [0.3, 0.4) is 0 Å². The van der Waals surface area contributed by atoms with Gasteiger partial charge >= 0.3 is 0 Å². The number of allylic oxidation sites excluding steroid dienone is 6. The molecule has 0 radical (unpaired) electrons. The van der Waals surface area contributed by atoms with E-state index in [0.717, 1.165) is 23.3 Å². The molecule has 0 aromatic carbocycles. The lowest BCUT2D eigenvalue weighted by molar-refractivity contribution is 0.899. The zero-order valence-corrected chi connectivity index (χ0v) is 9.40. The average Bonchev–Trinajstić information content (AvgIpc) is 2.47. The van der Waals surface area contributed by atoms with Gasteiger partial charge in [-0.05, 0) is 24.5 Å². The summed E-state index contributed by atoms with van der Waals surface area (Å²) < 4.78 is 0. The molecular weight excluding hydrogens is 184 g/mol. The molecule has 0 heterocycles. The maximum atomic E-state index is 5.81. The molecule has 0 spiro atoms. The first kappa shape index (κ1) is 11.7. The van der Waals surface area contributed by atoms with Crippen molar-refractivity contribution < 1.29 is 0 Å². The lowest BCUT2D eigenvalue weighted by Gasteiger charge is -2.13. The number of rotatable bonds is 3. The van der Waals surface area contributed by atoms with Crippen molar-refractivity contribution in [3.05, 3.63) is 48.1 Å². The number of nitrogens with zero attached hydrogens (tertiary/aromatic N) is 1. The predicted molar refractivity (Wildman–Crippen MR) is 67.1 cm³/mol. The van der Waals surface area contributed by atoms with E-state index in [9.17, 15) is 0 Å². The normalized spacial score (nSPS) is 18.3. The van der Waals surface area contributed by atoms with Crippen LogP contribution in [0.2, 0.25) is 0 Å². The summed E-state index contributed by atoms with van der Waals surface area (Å²) in [6.45, 7) is 5.90. The highest BCUT2D eigenvalue weighted by Gasteiger charge is 2.11. The van der Waals surface area contributed by atoms with E-state index in [4.69, 9.17) is 5.73 Å². The molecule has 15 heavy (non-hydrogen) atoms. The minimum Gasteiger partial charge on any atom is -0.324 e. The first-order valence-electron chi connectivity index (χ1n) is 5.12. The number of nitrogens with two attached hydrogens (primary N) is 1. The first-order chi connectivity index (χ1) is 7.16.